The van der Waals surface area contributed by atoms with Gasteiger partial charge in [-0.3, -0.25) is 0 Å². The van der Waals surface area contributed by atoms with Crippen LogP contribution in [0.5, 0.6) is 0 Å². The van der Waals surface area contributed by atoms with Gasteiger partial charge in [0, 0.05) is 18.7 Å². The summed E-state index contributed by atoms with van der Waals surface area (Å²) in [5.41, 5.74) is 0.515. The first-order valence-corrected chi connectivity index (χ1v) is 7.88. The lowest BCUT2D eigenvalue weighted by Gasteiger charge is -2.20. The molecular formula is C14H20N2O4S. The molecule has 1 rings (SSSR count). The molecule has 0 radical (unpaired) electrons. The van der Waals surface area contributed by atoms with Gasteiger partial charge >= 0.3 is 5.97 Å². The summed E-state index contributed by atoms with van der Waals surface area (Å²) in [6.45, 7) is 2.21. The number of carboxylic acid groups (broad SMARTS) is 1. The normalized spacial score (nSPS) is 13.7. The largest absolute Gasteiger partial charge is 0.478 e. The standard InChI is InChI=1S/C14H20N2O4S/c1-11(16(2)3)10-15-21(19,20)13-6-4-5-12(9-13)7-8-14(17)18/h4-9,11,15H,10H2,1-3H3,(H,17,18). The Hall–Kier alpha value is -1.70. The second-order valence-corrected chi connectivity index (χ2v) is 6.68. The van der Waals surface area contributed by atoms with E-state index < -0.39 is 16.0 Å². The van der Waals surface area contributed by atoms with Crippen LogP contribution in [0.4, 0.5) is 0 Å². The van der Waals surface area contributed by atoms with Gasteiger partial charge in [0.25, 0.3) is 0 Å². The van der Waals surface area contributed by atoms with Gasteiger partial charge in [-0.25, -0.2) is 17.9 Å². The molecule has 1 aromatic carbocycles. The number of likely N-dealkylation sites (N-methyl/N-ethyl adjacent to an activating group) is 1. The summed E-state index contributed by atoms with van der Waals surface area (Å²) in [5.74, 6) is -1.08. The highest BCUT2D eigenvalue weighted by Crippen LogP contribution is 2.12. The van der Waals surface area contributed by atoms with Crippen molar-refractivity contribution in [2.45, 2.75) is 17.9 Å². The highest BCUT2D eigenvalue weighted by molar-refractivity contribution is 7.89. The third-order valence-corrected chi connectivity index (χ3v) is 4.46. The van der Waals surface area contributed by atoms with Crippen LogP contribution in [0.1, 0.15) is 12.5 Å². The van der Waals surface area contributed by atoms with Gasteiger partial charge in [0.2, 0.25) is 10.0 Å². The molecule has 0 fully saturated rings. The number of carboxylic acids is 1. The molecule has 7 heteroatoms. The summed E-state index contributed by atoms with van der Waals surface area (Å²) in [7, 11) is 0.135. The fraction of sp³-hybridized carbons (Fsp3) is 0.357. The quantitative estimate of drug-likeness (QED) is 0.734. The third kappa shape index (κ3) is 5.66. The zero-order valence-corrected chi connectivity index (χ0v) is 13.1. The number of hydrogen-bond donors (Lipinski definition) is 2. The lowest BCUT2D eigenvalue weighted by atomic mass is 10.2. The van der Waals surface area contributed by atoms with Crippen molar-refractivity contribution in [1.82, 2.24) is 9.62 Å². The molecule has 2 N–H and O–H groups in total. The van der Waals surface area contributed by atoms with Crippen LogP contribution in [-0.2, 0) is 14.8 Å². The number of carbonyl (C=O) groups is 1. The maximum absolute atomic E-state index is 12.2. The summed E-state index contributed by atoms with van der Waals surface area (Å²) < 4.78 is 26.9. The minimum Gasteiger partial charge on any atom is -0.478 e. The van der Waals surface area contributed by atoms with Crippen LogP contribution in [0.25, 0.3) is 6.08 Å². The number of benzene rings is 1. The van der Waals surface area contributed by atoms with E-state index >= 15 is 0 Å². The van der Waals surface area contributed by atoms with Crippen molar-refractivity contribution in [2.75, 3.05) is 20.6 Å². The number of aliphatic carboxylic acids is 1. The first kappa shape index (κ1) is 17.4. The van der Waals surface area contributed by atoms with Gasteiger partial charge in [0.05, 0.1) is 4.90 Å². The topological polar surface area (TPSA) is 86.7 Å². The second kappa shape index (κ2) is 7.35. The SMILES string of the molecule is CC(CNS(=O)(=O)c1cccc(C=CC(=O)O)c1)N(C)C. The Morgan fingerprint density at radius 2 is 2.10 bits per heavy atom. The van der Waals surface area contributed by atoms with E-state index in [1.54, 1.807) is 12.1 Å². The predicted octanol–water partition coefficient (Wildman–Crippen LogP) is 1.01. The first-order chi connectivity index (χ1) is 9.72. The molecule has 0 spiro atoms. The van der Waals surface area contributed by atoms with Crippen LogP contribution in [0, 0.1) is 0 Å². The highest BCUT2D eigenvalue weighted by Gasteiger charge is 2.15. The summed E-state index contributed by atoms with van der Waals surface area (Å²) in [6.07, 6.45) is 2.32. The Bertz CT molecular complexity index is 624. The molecule has 0 aliphatic carbocycles. The predicted molar refractivity (Wildman–Crippen MR) is 81.4 cm³/mol. The van der Waals surface area contributed by atoms with Crippen LogP contribution in [0.3, 0.4) is 0 Å². The van der Waals surface area contributed by atoms with E-state index in [-0.39, 0.29) is 10.9 Å². The van der Waals surface area contributed by atoms with E-state index in [9.17, 15) is 13.2 Å². The van der Waals surface area contributed by atoms with Crippen molar-refractivity contribution in [3.05, 3.63) is 35.9 Å². The van der Waals surface area contributed by atoms with Crippen LogP contribution in [0.2, 0.25) is 0 Å². The molecule has 0 aliphatic heterocycles. The van der Waals surface area contributed by atoms with Crippen molar-refractivity contribution in [3.8, 4) is 0 Å². The maximum atomic E-state index is 12.2. The molecule has 1 aromatic rings. The molecule has 6 nitrogen and oxygen atoms in total. The molecule has 116 valence electrons. The van der Waals surface area contributed by atoms with Gasteiger partial charge < -0.3 is 10.0 Å². The maximum Gasteiger partial charge on any atom is 0.328 e. The van der Waals surface area contributed by atoms with Crippen LogP contribution < -0.4 is 4.72 Å². The number of sulfonamides is 1. The Labute approximate surface area is 125 Å². The van der Waals surface area contributed by atoms with Crippen molar-refractivity contribution in [1.29, 1.82) is 0 Å². The van der Waals surface area contributed by atoms with E-state index in [2.05, 4.69) is 4.72 Å². The zero-order chi connectivity index (χ0) is 16.0. The van der Waals surface area contributed by atoms with Gasteiger partial charge in [-0.15, -0.1) is 0 Å². The van der Waals surface area contributed by atoms with Crippen molar-refractivity contribution < 1.29 is 18.3 Å². The van der Waals surface area contributed by atoms with Gasteiger partial charge in [0.1, 0.15) is 0 Å². The van der Waals surface area contributed by atoms with Gasteiger partial charge in [-0.2, -0.15) is 0 Å². The van der Waals surface area contributed by atoms with Crippen LogP contribution in [0.15, 0.2) is 35.2 Å². The molecule has 0 heterocycles. The zero-order valence-electron chi connectivity index (χ0n) is 12.3. The van der Waals surface area contributed by atoms with Gasteiger partial charge in [-0.1, -0.05) is 12.1 Å². The summed E-state index contributed by atoms with van der Waals surface area (Å²) in [5, 5.41) is 8.58. The van der Waals surface area contributed by atoms with E-state index in [1.165, 1.54) is 18.2 Å². The van der Waals surface area contributed by atoms with E-state index in [0.717, 1.165) is 6.08 Å². The number of hydrogen-bond acceptors (Lipinski definition) is 4. The Morgan fingerprint density at radius 3 is 2.67 bits per heavy atom. The van der Waals surface area contributed by atoms with Crippen LogP contribution >= 0.6 is 0 Å². The molecule has 0 aromatic heterocycles. The molecule has 21 heavy (non-hydrogen) atoms. The average Bonchev–Trinajstić information content (AvgIpc) is 2.42. The van der Waals surface area contributed by atoms with E-state index in [0.29, 0.717) is 12.1 Å². The molecule has 0 bridgehead atoms. The minimum atomic E-state index is -3.61. The Balaban J connectivity index is 2.88. The summed E-state index contributed by atoms with van der Waals surface area (Å²) in [4.78, 5) is 12.5. The Morgan fingerprint density at radius 1 is 1.43 bits per heavy atom. The number of nitrogens with one attached hydrogen (secondary N) is 1. The van der Waals surface area contributed by atoms with Crippen molar-refractivity contribution >= 4 is 22.1 Å². The van der Waals surface area contributed by atoms with Crippen molar-refractivity contribution in [2.24, 2.45) is 0 Å². The fourth-order valence-corrected chi connectivity index (χ4v) is 2.63. The summed E-state index contributed by atoms with van der Waals surface area (Å²) in [6, 6.07) is 6.18. The second-order valence-electron chi connectivity index (χ2n) is 4.91. The lowest BCUT2D eigenvalue weighted by molar-refractivity contribution is -0.131. The summed E-state index contributed by atoms with van der Waals surface area (Å²) >= 11 is 0. The monoisotopic (exact) mass is 312 g/mol. The molecular weight excluding hydrogens is 292 g/mol. The van der Waals surface area contributed by atoms with E-state index in [1.807, 2.05) is 25.9 Å². The highest BCUT2D eigenvalue weighted by atomic mass is 32.2. The van der Waals surface area contributed by atoms with Crippen molar-refractivity contribution in [3.63, 3.8) is 0 Å². The minimum absolute atomic E-state index is 0.0647. The first-order valence-electron chi connectivity index (χ1n) is 6.39. The Kier molecular flexibility index (Phi) is 6.07. The smallest absolute Gasteiger partial charge is 0.328 e. The molecule has 0 saturated heterocycles. The number of rotatable bonds is 7. The third-order valence-electron chi connectivity index (χ3n) is 3.04. The molecule has 0 aliphatic rings. The fourth-order valence-electron chi connectivity index (χ4n) is 1.45. The molecule has 1 atom stereocenters. The van der Waals surface area contributed by atoms with Gasteiger partial charge in [0.15, 0.2) is 0 Å². The molecule has 1 unspecified atom stereocenters. The van der Waals surface area contributed by atoms with Gasteiger partial charge in [-0.05, 0) is 44.8 Å². The van der Waals surface area contributed by atoms with E-state index in [4.69, 9.17) is 5.11 Å². The average molecular weight is 312 g/mol. The van der Waals surface area contributed by atoms with Crippen LogP contribution in [-0.4, -0.2) is 51.1 Å². The molecule has 0 amide bonds. The molecule has 0 saturated carbocycles. The number of nitrogens with zero attached hydrogens (tertiary/aromatic N) is 1. The lowest BCUT2D eigenvalue weighted by Crippen LogP contribution is -2.38.